The van der Waals surface area contributed by atoms with Gasteiger partial charge in [0.15, 0.2) is 0 Å². The molecule has 3 heterocycles. The summed E-state index contributed by atoms with van der Waals surface area (Å²) >= 11 is 1.15. The fourth-order valence-corrected chi connectivity index (χ4v) is 4.75. The summed E-state index contributed by atoms with van der Waals surface area (Å²) in [7, 11) is 0. The zero-order valence-electron chi connectivity index (χ0n) is 22.0. The minimum atomic E-state index is -1.00. The Kier molecular flexibility index (Phi) is 8.44. The van der Waals surface area contributed by atoms with E-state index in [0.717, 1.165) is 11.3 Å². The zero-order chi connectivity index (χ0) is 26.7. The lowest BCUT2D eigenvalue weighted by Crippen LogP contribution is -2.44. The third kappa shape index (κ3) is 8.05. The highest BCUT2D eigenvalue weighted by Gasteiger charge is 2.32. The van der Waals surface area contributed by atoms with E-state index in [1.54, 1.807) is 15.9 Å². The molecule has 0 radical (unpaired) electrons. The lowest BCUT2D eigenvalue weighted by molar-refractivity contribution is 0.00212. The topological polar surface area (TPSA) is 108 Å². The van der Waals surface area contributed by atoms with E-state index in [2.05, 4.69) is 17.2 Å². The van der Waals surface area contributed by atoms with Gasteiger partial charge in [-0.15, -0.1) is 11.3 Å². The summed E-state index contributed by atoms with van der Waals surface area (Å²) in [6, 6.07) is 1.69. The first-order valence-corrected chi connectivity index (χ1v) is 13.1. The predicted molar refractivity (Wildman–Crippen MR) is 139 cm³/mol. The molecule has 0 aromatic carbocycles. The number of amides is 2. The number of carbonyl (C=O) groups excluding carboxylic acids is 2. The quantitative estimate of drug-likeness (QED) is 0.547. The number of anilines is 1. The molecular formula is C26H37N3O6S. The number of thiophene rings is 1. The van der Waals surface area contributed by atoms with Crippen LogP contribution in [0.15, 0.2) is 6.07 Å². The first-order valence-electron chi connectivity index (χ1n) is 12.3. The molecule has 2 aliphatic heterocycles. The molecule has 2 aliphatic rings. The van der Waals surface area contributed by atoms with Crippen LogP contribution in [0.1, 0.15) is 75.4 Å². The Labute approximate surface area is 217 Å². The van der Waals surface area contributed by atoms with Crippen molar-refractivity contribution in [1.29, 1.82) is 0 Å². The number of nitrogens with zero attached hydrogens (tertiary/aromatic N) is 2. The predicted octanol–water partition coefficient (Wildman–Crippen LogP) is 4.87. The Balaban J connectivity index is 1.51. The van der Waals surface area contributed by atoms with Crippen LogP contribution in [0.5, 0.6) is 0 Å². The molecule has 198 valence electrons. The molecule has 2 N–H and O–H groups in total. The first kappa shape index (κ1) is 27.7. The van der Waals surface area contributed by atoms with Crippen LogP contribution in [0.25, 0.3) is 0 Å². The van der Waals surface area contributed by atoms with Crippen LogP contribution >= 0.6 is 11.3 Å². The highest BCUT2D eigenvalue weighted by molar-refractivity contribution is 7.15. The van der Waals surface area contributed by atoms with Gasteiger partial charge in [-0.25, -0.2) is 14.4 Å². The van der Waals surface area contributed by atoms with Gasteiger partial charge in [-0.2, -0.15) is 0 Å². The molecule has 2 saturated heterocycles. The molecule has 2 fully saturated rings. The second-order valence-electron chi connectivity index (χ2n) is 11.3. The Hall–Kier alpha value is -2.93. The number of aromatic carboxylic acids is 1. The van der Waals surface area contributed by atoms with E-state index in [4.69, 9.17) is 9.47 Å². The van der Waals surface area contributed by atoms with Gasteiger partial charge in [0.25, 0.3) is 0 Å². The number of ether oxygens (including phenoxy) is 2. The summed E-state index contributed by atoms with van der Waals surface area (Å²) in [5.74, 6) is 5.20. The molecular weight excluding hydrogens is 482 g/mol. The number of rotatable bonds is 4. The monoisotopic (exact) mass is 519 g/mol. The Morgan fingerprint density at radius 1 is 1.03 bits per heavy atom. The number of hydrogen-bond donors (Lipinski definition) is 2. The smallest absolute Gasteiger partial charge is 0.410 e. The minimum absolute atomic E-state index is 0.0808. The summed E-state index contributed by atoms with van der Waals surface area (Å²) in [6.45, 7) is 13.4. The summed E-state index contributed by atoms with van der Waals surface area (Å²) in [4.78, 5) is 40.9. The van der Waals surface area contributed by atoms with Gasteiger partial charge >= 0.3 is 18.2 Å². The normalized spacial score (nSPS) is 18.9. The number of nitrogens with one attached hydrogen (secondary N) is 1. The molecule has 1 aromatic heterocycles. The average molecular weight is 520 g/mol. The van der Waals surface area contributed by atoms with Gasteiger partial charge in [0, 0.05) is 50.5 Å². The maximum absolute atomic E-state index is 12.7. The molecule has 10 heteroatoms. The van der Waals surface area contributed by atoms with Gasteiger partial charge < -0.3 is 29.7 Å². The first-order chi connectivity index (χ1) is 16.7. The van der Waals surface area contributed by atoms with Crippen LogP contribution in [0, 0.1) is 17.3 Å². The molecule has 1 atom stereocenters. The van der Waals surface area contributed by atoms with Crippen molar-refractivity contribution in [3.63, 3.8) is 0 Å². The van der Waals surface area contributed by atoms with E-state index in [-0.39, 0.29) is 34.6 Å². The molecule has 36 heavy (non-hydrogen) atoms. The van der Waals surface area contributed by atoms with Crippen LogP contribution < -0.4 is 5.32 Å². The largest absolute Gasteiger partial charge is 0.477 e. The molecule has 0 spiro atoms. The van der Waals surface area contributed by atoms with Crippen molar-refractivity contribution < 1.29 is 29.0 Å². The van der Waals surface area contributed by atoms with Crippen molar-refractivity contribution >= 4 is 35.2 Å². The van der Waals surface area contributed by atoms with Gasteiger partial charge in [0.05, 0.1) is 10.6 Å². The maximum Gasteiger partial charge on any atom is 0.410 e. The molecule has 2 amide bonds. The van der Waals surface area contributed by atoms with Crippen molar-refractivity contribution in [3.8, 4) is 11.8 Å². The molecule has 0 bridgehead atoms. The van der Waals surface area contributed by atoms with Gasteiger partial charge in [-0.1, -0.05) is 11.8 Å². The zero-order valence-corrected chi connectivity index (χ0v) is 22.8. The molecule has 3 rings (SSSR count). The van der Waals surface area contributed by atoms with Crippen LogP contribution in [0.2, 0.25) is 0 Å². The summed E-state index contributed by atoms with van der Waals surface area (Å²) < 4.78 is 11.1. The Bertz CT molecular complexity index is 1030. The van der Waals surface area contributed by atoms with E-state index in [9.17, 15) is 19.5 Å². The van der Waals surface area contributed by atoms with Crippen LogP contribution in [0.4, 0.5) is 15.3 Å². The second kappa shape index (κ2) is 11.0. The van der Waals surface area contributed by atoms with Gasteiger partial charge in [0.2, 0.25) is 0 Å². The maximum atomic E-state index is 12.7. The molecule has 1 aromatic rings. The fraction of sp³-hybridized carbons (Fsp3) is 0.654. The van der Waals surface area contributed by atoms with E-state index in [1.165, 1.54) is 0 Å². The molecule has 9 nitrogen and oxygen atoms in total. The van der Waals surface area contributed by atoms with Crippen molar-refractivity contribution in [3.05, 3.63) is 15.8 Å². The average Bonchev–Trinajstić information content (AvgIpc) is 3.38. The number of carboxylic acids is 1. The van der Waals surface area contributed by atoms with Crippen LogP contribution in [0.3, 0.4) is 0 Å². The highest BCUT2D eigenvalue weighted by Crippen LogP contribution is 2.29. The van der Waals surface area contributed by atoms with E-state index in [0.29, 0.717) is 56.0 Å². The lowest BCUT2D eigenvalue weighted by Gasteiger charge is -2.33. The van der Waals surface area contributed by atoms with E-state index < -0.39 is 11.6 Å². The highest BCUT2D eigenvalue weighted by atomic mass is 32.1. The second-order valence-corrected chi connectivity index (χ2v) is 12.3. The van der Waals surface area contributed by atoms with Crippen LogP contribution in [-0.4, -0.2) is 77.0 Å². The van der Waals surface area contributed by atoms with E-state index in [1.807, 2.05) is 41.5 Å². The lowest BCUT2D eigenvalue weighted by atomic mass is 9.98. The fourth-order valence-electron chi connectivity index (χ4n) is 3.93. The van der Waals surface area contributed by atoms with Gasteiger partial charge in [-0.3, -0.25) is 0 Å². The third-order valence-corrected chi connectivity index (χ3v) is 6.69. The standard InChI is InChI=1S/C26H37N3O6S/c1-25(2,3)11-7-19-15-20(21(36-19)22(30)31)27-17-8-12-29(16-17)23(32)34-18-9-13-28(14-10-18)24(33)35-26(4,5)6/h15,17-18,27H,8-10,12-14,16H2,1-6H3,(H,30,31)/t17-/m0/s1. The van der Waals surface area contributed by atoms with Crippen molar-refractivity contribution in [1.82, 2.24) is 9.80 Å². The Morgan fingerprint density at radius 3 is 2.25 bits per heavy atom. The summed E-state index contributed by atoms with van der Waals surface area (Å²) in [6.07, 6.45) is 0.843. The molecule has 0 unspecified atom stereocenters. The molecule has 0 aliphatic carbocycles. The molecule has 0 saturated carbocycles. The number of likely N-dealkylation sites (tertiary alicyclic amines) is 2. The number of carbonyl (C=O) groups is 3. The van der Waals surface area contributed by atoms with Crippen molar-refractivity contribution in [2.75, 3.05) is 31.5 Å². The minimum Gasteiger partial charge on any atom is -0.477 e. The number of piperidine rings is 1. The van der Waals surface area contributed by atoms with E-state index >= 15 is 0 Å². The van der Waals surface area contributed by atoms with Gasteiger partial charge in [0.1, 0.15) is 16.6 Å². The number of carboxylic acid groups (broad SMARTS) is 1. The third-order valence-electron chi connectivity index (χ3n) is 5.65. The Morgan fingerprint density at radius 2 is 1.67 bits per heavy atom. The number of hydrogen-bond acceptors (Lipinski definition) is 7. The van der Waals surface area contributed by atoms with Crippen LogP contribution in [-0.2, 0) is 9.47 Å². The SMILES string of the molecule is CC(C)(C)C#Cc1cc(N[C@H]2CCN(C(=O)OC3CCN(C(=O)OC(C)(C)C)CC3)C2)c(C(=O)O)s1. The van der Waals surface area contributed by atoms with Crippen molar-refractivity contribution in [2.45, 2.75) is 78.6 Å². The van der Waals surface area contributed by atoms with Gasteiger partial charge in [-0.05, 0) is 54.0 Å². The van der Waals surface area contributed by atoms with Crippen molar-refractivity contribution in [2.24, 2.45) is 5.41 Å². The summed E-state index contributed by atoms with van der Waals surface area (Å²) in [5, 5.41) is 12.9. The summed E-state index contributed by atoms with van der Waals surface area (Å²) in [5.41, 5.74) is -0.198.